The molecule has 4 heteroatoms. The highest BCUT2D eigenvalue weighted by atomic mass is 16.4. The second-order valence-electron chi connectivity index (χ2n) is 5.80. The molecule has 4 nitrogen and oxygen atoms in total. The highest BCUT2D eigenvalue weighted by molar-refractivity contribution is 5.66. The maximum Gasteiger partial charge on any atom is 0.303 e. The predicted octanol–water partition coefficient (Wildman–Crippen LogP) is 3.56. The minimum absolute atomic E-state index is 0.172. The molecule has 0 saturated carbocycles. The molecule has 2 N–H and O–H groups in total. The van der Waals surface area contributed by atoms with Crippen LogP contribution in [0.5, 0.6) is 5.75 Å². The highest BCUT2D eigenvalue weighted by Gasteiger charge is 2.30. The molecule has 1 aliphatic rings. The fourth-order valence-corrected chi connectivity index (χ4v) is 3.44. The first-order valence-corrected chi connectivity index (χ1v) is 7.89. The molecule has 2 unspecified atom stereocenters. The van der Waals surface area contributed by atoms with Crippen molar-refractivity contribution >= 4 is 5.97 Å². The van der Waals surface area contributed by atoms with Crippen molar-refractivity contribution in [2.45, 2.75) is 57.5 Å². The van der Waals surface area contributed by atoms with Gasteiger partial charge in [0, 0.05) is 24.1 Å². The molecule has 0 bridgehead atoms. The number of para-hydroxylation sites is 1. The van der Waals surface area contributed by atoms with Crippen LogP contribution in [0, 0.1) is 0 Å². The number of hydrogen-bond donors (Lipinski definition) is 2. The Hall–Kier alpha value is -1.55. The van der Waals surface area contributed by atoms with Crippen LogP contribution >= 0.6 is 0 Å². The number of carboxylic acids is 1. The van der Waals surface area contributed by atoms with Gasteiger partial charge in [-0.25, -0.2) is 0 Å². The third-order valence-electron chi connectivity index (χ3n) is 4.45. The lowest BCUT2D eigenvalue weighted by molar-refractivity contribution is -0.137. The lowest BCUT2D eigenvalue weighted by Crippen LogP contribution is -2.42. The van der Waals surface area contributed by atoms with E-state index in [4.69, 9.17) is 5.11 Å². The Labute approximate surface area is 126 Å². The molecule has 1 aromatic carbocycles. The summed E-state index contributed by atoms with van der Waals surface area (Å²) in [5, 5.41) is 19.1. The summed E-state index contributed by atoms with van der Waals surface area (Å²) >= 11 is 0. The monoisotopic (exact) mass is 291 g/mol. The van der Waals surface area contributed by atoms with E-state index in [-0.39, 0.29) is 12.5 Å². The summed E-state index contributed by atoms with van der Waals surface area (Å²) in [6.45, 7) is 3.11. The van der Waals surface area contributed by atoms with Crippen molar-refractivity contribution < 1.29 is 15.0 Å². The number of hydrogen-bond acceptors (Lipinski definition) is 3. The molecule has 0 radical (unpaired) electrons. The topological polar surface area (TPSA) is 60.8 Å². The number of carboxylic acid groups (broad SMARTS) is 1. The van der Waals surface area contributed by atoms with Crippen molar-refractivity contribution in [2.24, 2.45) is 0 Å². The van der Waals surface area contributed by atoms with Gasteiger partial charge in [-0.05, 0) is 38.3 Å². The third-order valence-corrected chi connectivity index (χ3v) is 4.45. The van der Waals surface area contributed by atoms with Crippen LogP contribution in [0.15, 0.2) is 24.3 Å². The second-order valence-corrected chi connectivity index (χ2v) is 5.80. The first kappa shape index (κ1) is 15.8. The van der Waals surface area contributed by atoms with Crippen molar-refractivity contribution in [3.05, 3.63) is 29.8 Å². The van der Waals surface area contributed by atoms with Gasteiger partial charge >= 0.3 is 5.97 Å². The molecule has 0 aliphatic carbocycles. The lowest BCUT2D eigenvalue weighted by atomic mass is 9.92. The molecule has 2 atom stereocenters. The average Bonchev–Trinajstić information content (AvgIpc) is 2.49. The Morgan fingerprint density at radius 2 is 2.14 bits per heavy atom. The van der Waals surface area contributed by atoms with Crippen molar-refractivity contribution in [2.75, 3.05) is 6.54 Å². The maximum absolute atomic E-state index is 10.9. The third kappa shape index (κ3) is 3.97. The Morgan fingerprint density at radius 3 is 2.81 bits per heavy atom. The van der Waals surface area contributed by atoms with Crippen molar-refractivity contribution in [3.63, 3.8) is 0 Å². The van der Waals surface area contributed by atoms with Gasteiger partial charge in [0.2, 0.25) is 0 Å². The number of aromatic hydroxyl groups is 1. The number of phenols is 1. The molecule has 21 heavy (non-hydrogen) atoms. The average molecular weight is 291 g/mol. The first-order chi connectivity index (χ1) is 10.1. The fourth-order valence-electron chi connectivity index (χ4n) is 3.44. The van der Waals surface area contributed by atoms with Crippen LogP contribution in [-0.4, -0.2) is 33.7 Å². The van der Waals surface area contributed by atoms with E-state index in [0.717, 1.165) is 37.8 Å². The zero-order valence-corrected chi connectivity index (χ0v) is 12.7. The van der Waals surface area contributed by atoms with Gasteiger partial charge in [-0.3, -0.25) is 9.69 Å². The molecule has 0 spiro atoms. The van der Waals surface area contributed by atoms with Gasteiger partial charge in [0.15, 0.2) is 0 Å². The molecule has 1 aromatic rings. The van der Waals surface area contributed by atoms with Gasteiger partial charge in [0.25, 0.3) is 0 Å². The first-order valence-electron chi connectivity index (χ1n) is 7.89. The highest BCUT2D eigenvalue weighted by Crippen LogP contribution is 2.36. The Bertz CT molecular complexity index is 475. The normalized spacial score (nSPS) is 21.1. The second kappa shape index (κ2) is 7.46. The van der Waals surface area contributed by atoms with Crippen LogP contribution in [0.25, 0.3) is 0 Å². The SMILES string of the molecule is CCC(c1ccccc1O)N1CCCCC1CCC(=O)O. The quantitative estimate of drug-likeness (QED) is 0.841. The Balaban J connectivity index is 2.17. The van der Waals surface area contributed by atoms with E-state index >= 15 is 0 Å². The maximum atomic E-state index is 10.9. The fraction of sp³-hybridized carbons (Fsp3) is 0.588. The van der Waals surface area contributed by atoms with E-state index in [0.29, 0.717) is 18.2 Å². The number of benzene rings is 1. The Kier molecular flexibility index (Phi) is 5.62. The zero-order valence-electron chi connectivity index (χ0n) is 12.7. The summed E-state index contributed by atoms with van der Waals surface area (Å²) in [6, 6.07) is 7.97. The summed E-state index contributed by atoms with van der Waals surface area (Å²) in [5.41, 5.74) is 0.960. The van der Waals surface area contributed by atoms with Gasteiger partial charge in [-0.1, -0.05) is 31.5 Å². The van der Waals surface area contributed by atoms with Gasteiger partial charge in [0.1, 0.15) is 5.75 Å². The number of likely N-dealkylation sites (tertiary alicyclic amines) is 1. The van der Waals surface area contributed by atoms with Crippen LogP contribution in [-0.2, 0) is 4.79 Å². The number of nitrogens with zero attached hydrogens (tertiary/aromatic N) is 1. The number of aliphatic carboxylic acids is 1. The summed E-state index contributed by atoms with van der Waals surface area (Å²) in [7, 11) is 0. The standard InChI is InChI=1S/C17H25NO3/c1-2-15(14-8-3-4-9-16(14)19)18-12-6-5-7-13(18)10-11-17(20)21/h3-4,8-9,13,15,19H,2,5-7,10-12H2,1H3,(H,20,21). The molecule has 116 valence electrons. The molecule has 0 amide bonds. The minimum Gasteiger partial charge on any atom is -0.508 e. The van der Waals surface area contributed by atoms with E-state index in [1.54, 1.807) is 6.07 Å². The van der Waals surface area contributed by atoms with Crippen LogP contribution in [0.2, 0.25) is 0 Å². The summed E-state index contributed by atoms with van der Waals surface area (Å²) < 4.78 is 0. The molecule has 1 heterocycles. The molecule has 1 fully saturated rings. The molecule has 2 rings (SSSR count). The number of rotatable bonds is 6. The number of phenolic OH excluding ortho intramolecular Hbond substituents is 1. The summed E-state index contributed by atoms with van der Waals surface area (Å²) in [5.74, 6) is -0.386. The van der Waals surface area contributed by atoms with Crippen LogP contribution < -0.4 is 0 Å². The van der Waals surface area contributed by atoms with E-state index < -0.39 is 5.97 Å². The van der Waals surface area contributed by atoms with Gasteiger partial charge in [-0.15, -0.1) is 0 Å². The van der Waals surface area contributed by atoms with Crippen LogP contribution in [0.3, 0.4) is 0 Å². The Morgan fingerprint density at radius 1 is 1.38 bits per heavy atom. The molecule has 0 aromatic heterocycles. The van der Waals surface area contributed by atoms with E-state index in [9.17, 15) is 9.90 Å². The summed E-state index contributed by atoms with van der Waals surface area (Å²) in [6.07, 6.45) is 5.20. The molecule has 1 saturated heterocycles. The molecular formula is C17H25NO3. The van der Waals surface area contributed by atoms with Crippen molar-refractivity contribution in [1.29, 1.82) is 0 Å². The largest absolute Gasteiger partial charge is 0.508 e. The van der Waals surface area contributed by atoms with Crippen molar-refractivity contribution in [1.82, 2.24) is 4.90 Å². The molecule has 1 aliphatic heterocycles. The lowest BCUT2D eigenvalue weighted by Gasteiger charge is -2.41. The van der Waals surface area contributed by atoms with Crippen molar-refractivity contribution in [3.8, 4) is 5.75 Å². The van der Waals surface area contributed by atoms with E-state index in [2.05, 4.69) is 11.8 Å². The predicted molar refractivity (Wildman–Crippen MR) is 82.4 cm³/mol. The van der Waals surface area contributed by atoms with Crippen LogP contribution in [0.4, 0.5) is 0 Å². The molecular weight excluding hydrogens is 266 g/mol. The van der Waals surface area contributed by atoms with E-state index in [1.807, 2.05) is 18.2 Å². The minimum atomic E-state index is -0.726. The zero-order chi connectivity index (χ0) is 15.2. The van der Waals surface area contributed by atoms with E-state index in [1.165, 1.54) is 0 Å². The number of piperidine rings is 1. The van der Waals surface area contributed by atoms with Crippen LogP contribution in [0.1, 0.15) is 57.1 Å². The van der Waals surface area contributed by atoms with Gasteiger partial charge in [0.05, 0.1) is 0 Å². The summed E-state index contributed by atoms with van der Waals surface area (Å²) in [4.78, 5) is 13.3. The number of carbonyl (C=O) groups is 1. The smallest absolute Gasteiger partial charge is 0.303 e. The van der Waals surface area contributed by atoms with Gasteiger partial charge < -0.3 is 10.2 Å². The van der Waals surface area contributed by atoms with Gasteiger partial charge in [-0.2, -0.15) is 0 Å².